The van der Waals surface area contributed by atoms with Gasteiger partial charge in [-0.2, -0.15) is 0 Å². The third-order valence-corrected chi connectivity index (χ3v) is 5.69. The van der Waals surface area contributed by atoms with Gasteiger partial charge in [0.1, 0.15) is 18.3 Å². The summed E-state index contributed by atoms with van der Waals surface area (Å²) >= 11 is 0. The molecule has 2 aromatic carbocycles. The summed E-state index contributed by atoms with van der Waals surface area (Å²) < 4.78 is 6.01. The first-order valence-electron chi connectivity index (χ1n) is 10.5. The van der Waals surface area contributed by atoms with Crippen molar-refractivity contribution in [1.82, 2.24) is 9.88 Å². The molecule has 1 aliphatic rings. The molecule has 158 valence electrons. The number of nitrogens with zero attached hydrogens (tertiary/aromatic N) is 2. The Morgan fingerprint density at radius 2 is 1.97 bits per heavy atom. The van der Waals surface area contributed by atoms with E-state index in [2.05, 4.69) is 4.98 Å². The molecule has 0 saturated heterocycles. The number of aldehydes is 2. The summed E-state index contributed by atoms with van der Waals surface area (Å²) in [6, 6.07) is 14.9. The van der Waals surface area contributed by atoms with Gasteiger partial charge < -0.3 is 19.2 Å². The van der Waals surface area contributed by atoms with Crippen LogP contribution in [-0.4, -0.2) is 41.0 Å². The van der Waals surface area contributed by atoms with Crippen LogP contribution in [0.15, 0.2) is 54.7 Å². The molecule has 0 radical (unpaired) electrons. The molecule has 6 nitrogen and oxygen atoms in total. The van der Waals surface area contributed by atoms with E-state index in [1.54, 1.807) is 11.1 Å². The second kappa shape index (κ2) is 9.51. The lowest BCUT2D eigenvalue weighted by Gasteiger charge is -2.22. The Balaban J connectivity index is 1.41. The Morgan fingerprint density at radius 1 is 1.10 bits per heavy atom. The van der Waals surface area contributed by atoms with Gasteiger partial charge in [-0.1, -0.05) is 24.3 Å². The maximum Gasteiger partial charge on any atom is 0.255 e. The first-order valence-corrected chi connectivity index (χ1v) is 10.5. The highest BCUT2D eigenvalue weighted by Crippen LogP contribution is 2.29. The number of benzene rings is 2. The molecule has 0 spiro atoms. The monoisotopic (exact) mass is 416 g/mol. The van der Waals surface area contributed by atoms with Crippen LogP contribution in [0.2, 0.25) is 0 Å². The predicted molar refractivity (Wildman–Crippen MR) is 117 cm³/mol. The zero-order chi connectivity index (χ0) is 21.6. The molecule has 0 aliphatic carbocycles. The summed E-state index contributed by atoms with van der Waals surface area (Å²) in [5.74, 6) is 0.675. The number of amides is 1. The Labute approximate surface area is 180 Å². The lowest BCUT2D eigenvalue weighted by Crippen LogP contribution is -2.36. The van der Waals surface area contributed by atoms with Crippen molar-refractivity contribution in [3.05, 3.63) is 71.4 Å². The summed E-state index contributed by atoms with van der Waals surface area (Å²) in [6.45, 7) is 0.952. The van der Waals surface area contributed by atoms with Gasteiger partial charge in [-0.15, -0.1) is 0 Å². The average molecular weight is 416 g/mol. The third-order valence-electron chi connectivity index (χ3n) is 5.69. The van der Waals surface area contributed by atoms with Gasteiger partial charge in [0.15, 0.2) is 0 Å². The number of ether oxygens (including phenoxy) is 1. The molecule has 0 fully saturated rings. The quantitative estimate of drug-likeness (QED) is 0.372. The second-order valence-electron chi connectivity index (χ2n) is 7.60. The summed E-state index contributed by atoms with van der Waals surface area (Å²) in [4.78, 5) is 40.9. The van der Waals surface area contributed by atoms with E-state index in [0.29, 0.717) is 25.1 Å². The van der Waals surface area contributed by atoms with Gasteiger partial charge in [0.2, 0.25) is 0 Å². The van der Waals surface area contributed by atoms with Gasteiger partial charge in [-0.25, -0.2) is 0 Å². The van der Waals surface area contributed by atoms with Crippen LogP contribution in [0.5, 0.6) is 5.75 Å². The molecular formula is C25H24N2O4. The topological polar surface area (TPSA) is 76.6 Å². The number of carbonyl (C=O) groups is 3. The van der Waals surface area contributed by atoms with E-state index in [1.165, 1.54) is 0 Å². The van der Waals surface area contributed by atoms with Crippen LogP contribution in [0.25, 0.3) is 10.9 Å². The number of fused-ring (bicyclic) bond motifs is 2. The van der Waals surface area contributed by atoms with Crippen LogP contribution in [0.4, 0.5) is 0 Å². The Bertz CT molecular complexity index is 1110. The fraction of sp³-hybridized carbons (Fsp3) is 0.280. The molecule has 0 bridgehead atoms. The van der Waals surface area contributed by atoms with Crippen molar-refractivity contribution in [3.8, 4) is 5.75 Å². The van der Waals surface area contributed by atoms with Gasteiger partial charge in [0.25, 0.3) is 5.91 Å². The van der Waals surface area contributed by atoms with E-state index in [0.717, 1.165) is 53.2 Å². The molecule has 31 heavy (non-hydrogen) atoms. The van der Waals surface area contributed by atoms with Crippen LogP contribution in [-0.2, 0) is 22.6 Å². The van der Waals surface area contributed by atoms with Gasteiger partial charge in [0.05, 0.1) is 18.2 Å². The van der Waals surface area contributed by atoms with Crippen LogP contribution < -0.4 is 4.74 Å². The molecule has 1 unspecified atom stereocenters. The summed E-state index contributed by atoms with van der Waals surface area (Å²) in [7, 11) is 0. The van der Waals surface area contributed by atoms with Crippen molar-refractivity contribution in [2.75, 3.05) is 6.61 Å². The molecule has 4 rings (SSSR count). The van der Waals surface area contributed by atoms with Gasteiger partial charge >= 0.3 is 0 Å². The van der Waals surface area contributed by atoms with Crippen molar-refractivity contribution >= 4 is 29.4 Å². The molecule has 0 N–H and O–H groups in total. The molecule has 3 aromatic rings. The average Bonchev–Trinajstić information content (AvgIpc) is 3.14. The molecule has 0 saturated carbocycles. The number of aromatic nitrogens is 1. The Hall–Kier alpha value is -3.54. The predicted octanol–water partition coefficient (Wildman–Crippen LogP) is 3.75. The molecule has 1 aromatic heterocycles. The van der Waals surface area contributed by atoms with Crippen molar-refractivity contribution in [2.45, 2.75) is 38.3 Å². The van der Waals surface area contributed by atoms with E-state index < -0.39 is 6.04 Å². The summed E-state index contributed by atoms with van der Waals surface area (Å²) in [6.07, 6.45) is 5.47. The van der Waals surface area contributed by atoms with Gasteiger partial charge in [-0.05, 0) is 54.7 Å². The summed E-state index contributed by atoms with van der Waals surface area (Å²) in [5.41, 5.74) is 3.62. The SMILES string of the molecule is O=CCCC(C=O)N1Cc2c(CCCOc3ccnc4ccccc34)cccc2C1=O. The highest BCUT2D eigenvalue weighted by atomic mass is 16.5. The maximum atomic E-state index is 12.8. The lowest BCUT2D eigenvalue weighted by atomic mass is 10.00. The number of hydrogen-bond donors (Lipinski definition) is 0. The first kappa shape index (κ1) is 20.7. The zero-order valence-electron chi connectivity index (χ0n) is 17.2. The van der Waals surface area contributed by atoms with Crippen LogP contribution in [0.3, 0.4) is 0 Å². The fourth-order valence-corrected chi connectivity index (χ4v) is 4.10. The Kier molecular flexibility index (Phi) is 6.36. The van der Waals surface area contributed by atoms with Crippen LogP contribution in [0.1, 0.15) is 40.7 Å². The normalized spacial score (nSPS) is 13.8. The fourth-order valence-electron chi connectivity index (χ4n) is 4.10. The number of hydrogen-bond acceptors (Lipinski definition) is 5. The van der Waals surface area contributed by atoms with Crippen molar-refractivity contribution in [1.29, 1.82) is 0 Å². The molecule has 2 heterocycles. The number of aryl methyl sites for hydroxylation is 1. The van der Waals surface area contributed by atoms with Gasteiger partial charge in [-0.3, -0.25) is 9.78 Å². The Morgan fingerprint density at radius 3 is 2.81 bits per heavy atom. The summed E-state index contributed by atoms with van der Waals surface area (Å²) in [5, 5.41) is 0.988. The lowest BCUT2D eigenvalue weighted by molar-refractivity contribution is -0.112. The van der Waals surface area contributed by atoms with E-state index in [-0.39, 0.29) is 12.3 Å². The van der Waals surface area contributed by atoms with E-state index in [1.807, 2.05) is 48.5 Å². The van der Waals surface area contributed by atoms with E-state index in [9.17, 15) is 14.4 Å². The molecule has 6 heteroatoms. The molecule has 1 atom stereocenters. The van der Waals surface area contributed by atoms with E-state index >= 15 is 0 Å². The largest absolute Gasteiger partial charge is 0.493 e. The number of pyridine rings is 1. The van der Waals surface area contributed by atoms with Gasteiger partial charge in [0, 0.05) is 30.1 Å². The van der Waals surface area contributed by atoms with E-state index in [4.69, 9.17) is 4.74 Å². The first-order chi connectivity index (χ1) is 15.2. The van der Waals surface area contributed by atoms with Crippen LogP contribution in [0, 0.1) is 0 Å². The minimum atomic E-state index is -0.568. The standard InChI is InChI=1S/C25H24N2O4/c28-14-4-8-19(17-29)27-16-22-18(6-3-10-20(22)25(27)30)7-5-15-31-24-12-13-26-23-11-2-1-9-21(23)24/h1-3,6,9-14,17,19H,4-5,7-8,15-16H2. The third kappa shape index (κ3) is 4.33. The number of rotatable bonds is 10. The molecule has 1 aliphatic heterocycles. The maximum absolute atomic E-state index is 12.8. The molecular weight excluding hydrogens is 392 g/mol. The smallest absolute Gasteiger partial charge is 0.255 e. The second-order valence-corrected chi connectivity index (χ2v) is 7.60. The minimum absolute atomic E-state index is 0.139. The highest BCUT2D eigenvalue weighted by molar-refractivity contribution is 6.00. The minimum Gasteiger partial charge on any atom is -0.493 e. The zero-order valence-corrected chi connectivity index (χ0v) is 17.2. The number of carbonyl (C=O) groups excluding carboxylic acids is 3. The van der Waals surface area contributed by atoms with Crippen LogP contribution >= 0.6 is 0 Å². The highest BCUT2D eigenvalue weighted by Gasteiger charge is 2.33. The van der Waals surface area contributed by atoms with Crippen molar-refractivity contribution in [3.63, 3.8) is 0 Å². The molecule has 1 amide bonds. The van der Waals surface area contributed by atoms with Crippen molar-refractivity contribution < 1.29 is 19.1 Å². The van der Waals surface area contributed by atoms with Crippen molar-refractivity contribution in [2.24, 2.45) is 0 Å². The number of para-hydroxylation sites is 1.